The first-order chi connectivity index (χ1) is 6.45. The van der Waals surface area contributed by atoms with E-state index in [1.807, 2.05) is 0 Å². The SMILES string of the molecule is C=CC(=O)OCCCCC[Si](C)(C)Cl. The molecule has 0 aromatic rings. The van der Waals surface area contributed by atoms with Crippen LogP contribution in [0, 0.1) is 0 Å². The van der Waals surface area contributed by atoms with Crippen molar-refractivity contribution >= 4 is 24.4 Å². The van der Waals surface area contributed by atoms with Crippen molar-refractivity contribution in [3.8, 4) is 0 Å². The molecule has 0 spiro atoms. The molecule has 4 heteroatoms. The Labute approximate surface area is 92.0 Å². The fraction of sp³-hybridized carbons (Fsp3) is 0.700. The zero-order chi connectivity index (χ0) is 11.0. The zero-order valence-corrected chi connectivity index (χ0v) is 10.8. The molecule has 0 atom stereocenters. The van der Waals surface area contributed by atoms with Crippen LogP contribution in [0.2, 0.25) is 19.1 Å². The lowest BCUT2D eigenvalue weighted by atomic mass is 10.3. The Morgan fingerprint density at radius 3 is 2.57 bits per heavy atom. The van der Waals surface area contributed by atoms with E-state index in [9.17, 15) is 4.79 Å². The van der Waals surface area contributed by atoms with Gasteiger partial charge < -0.3 is 4.74 Å². The Kier molecular flexibility index (Phi) is 6.92. The van der Waals surface area contributed by atoms with Gasteiger partial charge in [-0.1, -0.05) is 32.5 Å². The lowest BCUT2D eigenvalue weighted by Crippen LogP contribution is -2.15. The number of hydrogen-bond acceptors (Lipinski definition) is 2. The maximum absolute atomic E-state index is 10.6. The summed E-state index contributed by atoms with van der Waals surface area (Å²) in [5, 5.41) is 0. The van der Waals surface area contributed by atoms with Gasteiger partial charge in [0.05, 0.1) is 6.61 Å². The summed E-state index contributed by atoms with van der Waals surface area (Å²) >= 11 is 6.16. The highest BCUT2D eigenvalue weighted by atomic mass is 35.6. The predicted molar refractivity (Wildman–Crippen MR) is 63.1 cm³/mol. The van der Waals surface area contributed by atoms with Crippen molar-refractivity contribution in [2.45, 2.75) is 38.4 Å². The van der Waals surface area contributed by atoms with Crippen molar-refractivity contribution in [1.82, 2.24) is 0 Å². The third-order valence-electron chi connectivity index (χ3n) is 1.83. The van der Waals surface area contributed by atoms with Crippen molar-refractivity contribution in [2.24, 2.45) is 0 Å². The molecule has 0 aromatic heterocycles. The van der Waals surface area contributed by atoms with Crippen LogP contribution in [0.4, 0.5) is 0 Å². The van der Waals surface area contributed by atoms with Crippen molar-refractivity contribution in [3.05, 3.63) is 12.7 Å². The highest BCUT2D eigenvalue weighted by molar-refractivity contribution is 7.19. The number of unbranched alkanes of at least 4 members (excludes halogenated alkanes) is 2. The number of halogens is 1. The summed E-state index contributed by atoms with van der Waals surface area (Å²) < 4.78 is 4.84. The van der Waals surface area contributed by atoms with Crippen molar-refractivity contribution in [2.75, 3.05) is 6.61 Å². The van der Waals surface area contributed by atoms with Crippen LogP contribution < -0.4 is 0 Å². The second kappa shape index (κ2) is 7.07. The van der Waals surface area contributed by atoms with Gasteiger partial charge in [-0.2, -0.15) is 11.1 Å². The first-order valence-corrected chi connectivity index (χ1v) is 9.16. The molecule has 0 saturated carbocycles. The highest BCUT2D eigenvalue weighted by Crippen LogP contribution is 2.18. The summed E-state index contributed by atoms with van der Waals surface area (Å²) in [4.78, 5) is 10.6. The standard InChI is InChI=1S/C10H19ClO2Si/c1-4-10(12)13-8-6-5-7-9-14(2,3)11/h4H,1,5-9H2,2-3H3. The van der Waals surface area contributed by atoms with Gasteiger partial charge in [-0.05, 0) is 12.5 Å². The van der Waals surface area contributed by atoms with Crippen LogP contribution in [-0.2, 0) is 9.53 Å². The Bertz CT molecular complexity index is 187. The minimum atomic E-state index is -1.40. The summed E-state index contributed by atoms with van der Waals surface area (Å²) in [6, 6.07) is 1.13. The molecule has 0 radical (unpaired) electrons. The molecule has 0 bridgehead atoms. The van der Waals surface area contributed by atoms with Gasteiger partial charge in [-0.25, -0.2) is 4.79 Å². The molecule has 0 amide bonds. The molecule has 0 fully saturated rings. The smallest absolute Gasteiger partial charge is 0.330 e. The van der Waals surface area contributed by atoms with Crippen LogP contribution >= 0.6 is 11.1 Å². The summed E-state index contributed by atoms with van der Waals surface area (Å²) in [5.41, 5.74) is 0. The first kappa shape index (κ1) is 13.7. The Morgan fingerprint density at radius 1 is 1.43 bits per heavy atom. The van der Waals surface area contributed by atoms with E-state index in [0.717, 1.165) is 25.3 Å². The van der Waals surface area contributed by atoms with Crippen LogP contribution in [0.3, 0.4) is 0 Å². The molecule has 0 unspecified atom stereocenters. The van der Waals surface area contributed by atoms with Gasteiger partial charge in [0.25, 0.3) is 0 Å². The maximum atomic E-state index is 10.6. The molecule has 0 aliphatic rings. The van der Waals surface area contributed by atoms with E-state index in [4.69, 9.17) is 15.8 Å². The fourth-order valence-electron chi connectivity index (χ4n) is 1.06. The predicted octanol–water partition coefficient (Wildman–Crippen LogP) is 3.33. The molecular formula is C10H19ClO2Si. The third-order valence-corrected chi connectivity index (χ3v) is 3.94. The van der Waals surface area contributed by atoms with Gasteiger partial charge in [0.1, 0.15) is 7.38 Å². The van der Waals surface area contributed by atoms with E-state index < -0.39 is 7.38 Å². The summed E-state index contributed by atoms with van der Waals surface area (Å²) in [6.07, 6.45) is 4.32. The van der Waals surface area contributed by atoms with E-state index in [2.05, 4.69) is 19.7 Å². The van der Waals surface area contributed by atoms with E-state index in [1.54, 1.807) is 0 Å². The van der Waals surface area contributed by atoms with E-state index in [0.29, 0.717) is 6.61 Å². The van der Waals surface area contributed by atoms with Crippen molar-refractivity contribution in [1.29, 1.82) is 0 Å². The molecule has 82 valence electrons. The number of esters is 1. The molecule has 0 N–H and O–H groups in total. The van der Waals surface area contributed by atoms with Gasteiger partial charge >= 0.3 is 5.97 Å². The van der Waals surface area contributed by atoms with Crippen LogP contribution in [0.15, 0.2) is 12.7 Å². The molecule has 0 heterocycles. The topological polar surface area (TPSA) is 26.3 Å². The van der Waals surface area contributed by atoms with E-state index in [1.165, 1.54) is 6.08 Å². The first-order valence-electron chi connectivity index (χ1n) is 4.94. The molecule has 2 nitrogen and oxygen atoms in total. The van der Waals surface area contributed by atoms with E-state index in [-0.39, 0.29) is 5.97 Å². The van der Waals surface area contributed by atoms with Crippen LogP contribution in [0.1, 0.15) is 19.3 Å². The van der Waals surface area contributed by atoms with Gasteiger partial charge in [-0.15, -0.1) is 0 Å². The molecule has 0 aliphatic carbocycles. The van der Waals surface area contributed by atoms with Gasteiger partial charge in [0, 0.05) is 6.08 Å². The second-order valence-corrected chi connectivity index (χ2v) is 10.9. The lowest BCUT2D eigenvalue weighted by molar-refractivity contribution is -0.137. The number of carbonyl (C=O) groups is 1. The highest BCUT2D eigenvalue weighted by Gasteiger charge is 2.15. The van der Waals surface area contributed by atoms with Crippen LogP contribution in [0.25, 0.3) is 0 Å². The molecule has 0 saturated heterocycles. The maximum Gasteiger partial charge on any atom is 0.330 e. The molecule has 0 aromatic carbocycles. The molecule has 0 rings (SSSR count). The number of hydrogen-bond donors (Lipinski definition) is 0. The van der Waals surface area contributed by atoms with Crippen LogP contribution in [0.5, 0.6) is 0 Å². The lowest BCUT2D eigenvalue weighted by Gasteiger charge is -2.11. The summed E-state index contributed by atoms with van der Waals surface area (Å²) in [5.74, 6) is -0.336. The van der Waals surface area contributed by atoms with Gasteiger partial charge in [0.15, 0.2) is 0 Å². The summed E-state index contributed by atoms with van der Waals surface area (Å²) in [7, 11) is -1.40. The molecule has 14 heavy (non-hydrogen) atoms. The van der Waals surface area contributed by atoms with Gasteiger partial charge in [0.2, 0.25) is 0 Å². The number of ether oxygens (including phenoxy) is 1. The normalized spacial score (nSPS) is 11.1. The van der Waals surface area contributed by atoms with E-state index >= 15 is 0 Å². The van der Waals surface area contributed by atoms with Crippen LogP contribution in [-0.4, -0.2) is 20.0 Å². The monoisotopic (exact) mass is 234 g/mol. The Morgan fingerprint density at radius 2 is 2.07 bits per heavy atom. The average Bonchev–Trinajstić information content (AvgIpc) is 2.08. The molecule has 0 aliphatic heterocycles. The molecular weight excluding hydrogens is 216 g/mol. The zero-order valence-electron chi connectivity index (χ0n) is 9.01. The van der Waals surface area contributed by atoms with Crippen molar-refractivity contribution < 1.29 is 9.53 Å². The number of carbonyl (C=O) groups excluding carboxylic acids is 1. The largest absolute Gasteiger partial charge is 0.463 e. The van der Waals surface area contributed by atoms with Gasteiger partial charge in [-0.3, -0.25) is 0 Å². The quantitative estimate of drug-likeness (QED) is 0.222. The minimum Gasteiger partial charge on any atom is -0.463 e. The fourth-order valence-corrected chi connectivity index (χ4v) is 2.55. The number of rotatable bonds is 7. The minimum absolute atomic E-state index is 0.336. The average molecular weight is 235 g/mol. The third kappa shape index (κ3) is 9.80. The Balaban J connectivity index is 3.22. The van der Waals surface area contributed by atoms with Crippen molar-refractivity contribution in [3.63, 3.8) is 0 Å². The second-order valence-electron chi connectivity index (χ2n) is 3.90. The Hall–Kier alpha value is -0.283. The summed E-state index contributed by atoms with van der Waals surface area (Å²) in [6.45, 7) is 8.11.